The first-order valence-corrected chi connectivity index (χ1v) is 10.1. The van der Waals surface area contributed by atoms with E-state index in [-0.39, 0.29) is 11.9 Å². The van der Waals surface area contributed by atoms with E-state index in [1.807, 2.05) is 48.5 Å². The Hall–Kier alpha value is -2.01. The number of rotatable bonds is 4. The molecule has 28 heavy (non-hydrogen) atoms. The maximum Gasteiger partial charge on any atom is 0.176 e. The second-order valence-electron chi connectivity index (χ2n) is 8.55. The number of ketones is 1. The summed E-state index contributed by atoms with van der Waals surface area (Å²) in [5.41, 5.74) is 0.633. The van der Waals surface area contributed by atoms with Gasteiger partial charge in [-0.25, -0.2) is 0 Å². The van der Waals surface area contributed by atoms with Crippen LogP contribution in [0.3, 0.4) is 0 Å². The first-order chi connectivity index (χ1) is 13.3. The summed E-state index contributed by atoms with van der Waals surface area (Å²) < 4.78 is 0. The number of nitrogens with zero attached hydrogens (tertiary/aromatic N) is 1. The monoisotopic (exact) mass is 381 g/mol. The number of hydrogen-bond donors (Lipinski definition) is 2. The average molecular weight is 382 g/mol. The van der Waals surface area contributed by atoms with Crippen molar-refractivity contribution in [2.75, 3.05) is 19.6 Å². The number of aliphatic hydroxyl groups is 2. The van der Waals surface area contributed by atoms with Gasteiger partial charge in [-0.05, 0) is 44.1 Å². The fraction of sp³-hybridized carbons (Fsp3) is 0.458. The molecule has 1 heterocycles. The van der Waals surface area contributed by atoms with E-state index in [0.29, 0.717) is 23.9 Å². The van der Waals surface area contributed by atoms with Crippen LogP contribution < -0.4 is 0 Å². The lowest BCUT2D eigenvalue weighted by molar-refractivity contribution is 0.0784. The molecule has 1 saturated heterocycles. The maximum atomic E-state index is 12.4. The van der Waals surface area contributed by atoms with Gasteiger partial charge in [0.2, 0.25) is 0 Å². The summed E-state index contributed by atoms with van der Waals surface area (Å²) in [5, 5.41) is 19.6. The maximum absolute atomic E-state index is 12.4. The van der Waals surface area contributed by atoms with E-state index in [1.165, 1.54) is 0 Å². The minimum Gasteiger partial charge on any atom is -0.393 e. The van der Waals surface area contributed by atoms with Gasteiger partial charge in [0.05, 0.1) is 18.2 Å². The predicted molar refractivity (Wildman–Crippen MR) is 111 cm³/mol. The van der Waals surface area contributed by atoms with Gasteiger partial charge in [0.15, 0.2) is 5.78 Å². The molecule has 1 saturated carbocycles. The van der Waals surface area contributed by atoms with E-state index in [9.17, 15) is 15.0 Å². The SMILES string of the molecule is CC(C)(O)c1ccc(C(=O)CN2C[C@H]3CC(O)C[C@H]3C2)cc1.c1ccccc1. The Kier molecular flexibility index (Phi) is 6.65. The molecule has 150 valence electrons. The minimum absolute atomic E-state index is 0.128. The zero-order valence-corrected chi connectivity index (χ0v) is 16.8. The van der Waals surface area contributed by atoms with Crippen molar-refractivity contribution in [2.45, 2.75) is 38.4 Å². The van der Waals surface area contributed by atoms with Gasteiger partial charge < -0.3 is 10.2 Å². The first kappa shape index (κ1) is 20.7. The fourth-order valence-electron chi connectivity index (χ4n) is 4.24. The van der Waals surface area contributed by atoms with E-state index >= 15 is 0 Å². The molecule has 0 spiro atoms. The topological polar surface area (TPSA) is 60.8 Å². The molecular formula is C24H31NO3. The highest BCUT2D eigenvalue weighted by Crippen LogP contribution is 2.37. The molecule has 0 aromatic heterocycles. The summed E-state index contributed by atoms with van der Waals surface area (Å²) in [6.07, 6.45) is 1.63. The van der Waals surface area contributed by atoms with Crippen molar-refractivity contribution in [1.29, 1.82) is 0 Å². The Morgan fingerprint density at radius 2 is 1.43 bits per heavy atom. The molecule has 3 atom stereocenters. The number of carbonyl (C=O) groups excluding carboxylic acids is 1. The van der Waals surface area contributed by atoms with E-state index in [4.69, 9.17) is 0 Å². The van der Waals surface area contributed by atoms with Crippen molar-refractivity contribution in [1.82, 2.24) is 4.90 Å². The highest BCUT2D eigenvalue weighted by Gasteiger charge is 2.40. The Labute approximate surface area is 167 Å². The predicted octanol–water partition coefficient (Wildman–Crippen LogP) is 3.49. The van der Waals surface area contributed by atoms with E-state index in [2.05, 4.69) is 4.90 Å². The van der Waals surface area contributed by atoms with Crippen molar-refractivity contribution >= 4 is 5.78 Å². The molecule has 1 unspecified atom stereocenters. The summed E-state index contributed by atoms with van der Waals surface area (Å²) in [6, 6.07) is 19.2. The molecule has 1 aliphatic carbocycles. The Balaban J connectivity index is 0.000000320. The lowest BCUT2D eigenvalue weighted by Crippen LogP contribution is -2.29. The first-order valence-electron chi connectivity index (χ1n) is 10.1. The second-order valence-corrected chi connectivity index (χ2v) is 8.55. The van der Waals surface area contributed by atoms with Gasteiger partial charge in [-0.2, -0.15) is 0 Å². The molecule has 2 aliphatic rings. The van der Waals surface area contributed by atoms with Crippen molar-refractivity contribution in [2.24, 2.45) is 11.8 Å². The van der Waals surface area contributed by atoms with Crippen LogP contribution in [0.15, 0.2) is 60.7 Å². The number of likely N-dealkylation sites (tertiary alicyclic amines) is 1. The molecule has 4 nitrogen and oxygen atoms in total. The summed E-state index contributed by atoms with van der Waals surface area (Å²) >= 11 is 0. The third kappa shape index (κ3) is 5.51. The largest absolute Gasteiger partial charge is 0.393 e. The molecule has 4 heteroatoms. The summed E-state index contributed by atoms with van der Waals surface area (Å²) in [7, 11) is 0. The van der Waals surface area contributed by atoms with Crippen LogP contribution in [0.2, 0.25) is 0 Å². The van der Waals surface area contributed by atoms with Gasteiger partial charge in [0.25, 0.3) is 0 Å². The van der Waals surface area contributed by atoms with Crippen LogP contribution in [0, 0.1) is 11.8 Å². The number of benzene rings is 2. The minimum atomic E-state index is -0.880. The summed E-state index contributed by atoms with van der Waals surface area (Å²) in [5.74, 6) is 1.24. The molecule has 4 rings (SSSR count). The van der Waals surface area contributed by atoms with Gasteiger partial charge in [-0.3, -0.25) is 9.69 Å². The van der Waals surface area contributed by atoms with E-state index in [1.54, 1.807) is 26.0 Å². The zero-order chi connectivity index (χ0) is 20.1. The fourth-order valence-corrected chi connectivity index (χ4v) is 4.24. The smallest absolute Gasteiger partial charge is 0.176 e. The van der Waals surface area contributed by atoms with Crippen LogP contribution in [0.4, 0.5) is 0 Å². The molecule has 0 radical (unpaired) electrons. The van der Waals surface area contributed by atoms with Crippen LogP contribution in [-0.2, 0) is 5.60 Å². The summed E-state index contributed by atoms with van der Waals surface area (Å²) in [4.78, 5) is 14.6. The van der Waals surface area contributed by atoms with Crippen LogP contribution in [-0.4, -0.2) is 46.6 Å². The molecule has 1 aliphatic heterocycles. The molecular weight excluding hydrogens is 350 g/mol. The standard InChI is InChI=1S/C18H25NO3.C6H6/c1-18(2,22)15-5-3-12(4-6-15)17(21)11-19-9-13-7-16(20)8-14(13)10-19;1-2-4-6-5-3-1/h3-6,13-14,16,20,22H,7-11H2,1-2H3;1-6H/t13-,14+,16?;. The average Bonchev–Trinajstić information content (AvgIpc) is 3.19. The molecule has 0 bridgehead atoms. The summed E-state index contributed by atoms with van der Waals surface area (Å²) in [6.45, 7) is 5.78. The van der Waals surface area contributed by atoms with Crippen molar-refractivity contribution in [3.8, 4) is 0 Å². The third-order valence-corrected chi connectivity index (χ3v) is 5.75. The van der Waals surface area contributed by atoms with Crippen LogP contribution in [0.5, 0.6) is 0 Å². The Bertz CT molecular complexity index is 711. The van der Waals surface area contributed by atoms with Crippen molar-refractivity contribution in [3.05, 3.63) is 71.8 Å². The molecule has 2 fully saturated rings. The van der Waals surface area contributed by atoms with Crippen molar-refractivity contribution < 1.29 is 15.0 Å². The number of carbonyl (C=O) groups is 1. The van der Waals surface area contributed by atoms with Gasteiger partial charge in [-0.15, -0.1) is 0 Å². The van der Waals surface area contributed by atoms with Crippen LogP contribution in [0.1, 0.15) is 42.6 Å². The van der Waals surface area contributed by atoms with Crippen LogP contribution in [0.25, 0.3) is 0 Å². The molecule has 2 aromatic rings. The highest BCUT2D eigenvalue weighted by atomic mass is 16.3. The molecule has 2 aromatic carbocycles. The number of Topliss-reactive ketones (excluding diaryl/α,β-unsaturated/α-hetero) is 1. The van der Waals surface area contributed by atoms with Gasteiger partial charge in [0, 0.05) is 18.7 Å². The van der Waals surface area contributed by atoms with Gasteiger partial charge in [0.1, 0.15) is 0 Å². The van der Waals surface area contributed by atoms with E-state index < -0.39 is 5.60 Å². The highest BCUT2D eigenvalue weighted by molar-refractivity contribution is 5.97. The number of hydrogen-bond acceptors (Lipinski definition) is 4. The number of aliphatic hydroxyl groups excluding tert-OH is 1. The van der Waals surface area contributed by atoms with E-state index in [0.717, 1.165) is 31.5 Å². The van der Waals surface area contributed by atoms with Gasteiger partial charge >= 0.3 is 0 Å². The van der Waals surface area contributed by atoms with Crippen molar-refractivity contribution in [3.63, 3.8) is 0 Å². The third-order valence-electron chi connectivity index (χ3n) is 5.75. The Morgan fingerprint density at radius 3 is 1.86 bits per heavy atom. The lowest BCUT2D eigenvalue weighted by atomic mass is 9.96. The number of fused-ring (bicyclic) bond motifs is 1. The zero-order valence-electron chi connectivity index (χ0n) is 16.8. The normalized spacial score (nSPS) is 24.4. The molecule has 2 N–H and O–H groups in total. The van der Waals surface area contributed by atoms with Crippen LogP contribution >= 0.6 is 0 Å². The second kappa shape index (κ2) is 8.99. The quantitative estimate of drug-likeness (QED) is 0.796. The molecule has 0 amide bonds. The van der Waals surface area contributed by atoms with Gasteiger partial charge in [-0.1, -0.05) is 60.7 Å². The lowest BCUT2D eigenvalue weighted by Gasteiger charge is -2.19. The Morgan fingerprint density at radius 1 is 0.964 bits per heavy atom.